The first-order chi connectivity index (χ1) is 6.65. The number of halogens is 3. The Morgan fingerprint density at radius 1 is 1.43 bits per heavy atom. The minimum absolute atomic E-state index is 0.465. The third kappa shape index (κ3) is 2.91. The Bertz CT molecular complexity index is 345. The molecule has 0 fully saturated rings. The van der Waals surface area contributed by atoms with Crippen molar-refractivity contribution in [3.05, 3.63) is 41.5 Å². The molecule has 0 spiro atoms. The SMILES string of the molecule is CC(=CCCBr)c1ccc(F)cc1F. The second-order valence-corrected chi connectivity index (χ2v) is 3.78. The molecule has 0 nitrogen and oxygen atoms in total. The molecule has 0 saturated carbocycles. The molecule has 0 unspecified atom stereocenters. The van der Waals surface area contributed by atoms with Crippen LogP contribution in [0, 0.1) is 11.6 Å². The van der Waals surface area contributed by atoms with E-state index in [9.17, 15) is 8.78 Å². The lowest BCUT2D eigenvalue weighted by molar-refractivity contribution is 0.581. The summed E-state index contributed by atoms with van der Waals surface area (Å²) in [5.41, 5.74) is 1.30. The van der Waals surface area contributed by atoms with Gasteiger partial charge in [-0.25, -0.2) is 8.78 Å². The molecule has 0 saturated heterocycles. The van der Waals surface area contributed by atoms with Gasteiger partial charge in [0.05, 0.1) is 0 Å². The Balaban J connectivity index is 2.95. The van der Waals surface area contributed by atoms with Gasteiger partial charge in [0, 0.05) is 17.0 Å². The van der Waals surface area contributed by atoms with Gasteiger partial charge < -0.3 is 0 Å². The molecule has 0 aliphatic heterocycles. The fourth-order valence-electron chi connectivity index (χ4n) is 1.19. The Hall–Kier alpha value is -0.700. The average Bonchev–Trinajstić information content (AvgIpc) is 2.14. The van der Waals surface area contributed by atoms with Crippen LogP contribution in [0.15, 0.2) is 24.3 Å². The fraction of sp³-hybridized carbons (Fsp3) is 0.273. The first-order valence-corrected chi connectivity index (χ1v) is 5.45. The third-order valence-electron chi connectivity index (χ3n) is 1.92. The maximum atomic E-state index is 13.2. The van der Waals surface area contributed by atoms with Gasteiger partial charge in [0.1, 0.15) is 11.6 Å². The molecule has 0 atom stereocenters. The third-order valence-corrected chi connectivity index (χ3v) is 2.37. The summed E-state index contributed by atoms with van der Waals surface area (Å²) in [6, 6.07) is 3.63. The molecule has 1 aromatic carbocycles. The summed E-state index contributed by atoms with van der Waals surface area (Å²) >= 11 is 3.28. The van der Waals surface area contributed by atoms with Gasteiger partial charge >= 0.3 is 0 Å². The average molecular weight is 261 g/mol. The molecule has 0 heterocycles. The van der Waals surface area contributed by atoms with Gasteiger partial charge in [-0.2, -0.15) is 0 Å². The number of hydrogen-bond donors (Lipinski definition) is 0. The predicted octanol–water partition coefficient (Wildman–Crippen LogP) is 4.15. The van der Waals surface area contributed by atoms with E-state index in [4.69, 9.17) is 0 Å². The zero-order valence-electron chi connectivity index (χ0n) is 7.86. The van der Waals surface area contributed by atoms with Gasteiger partial charge in [-0.05, 0) is 31.1 Å². The van der Waals surface area contributed by atoms with Crippen LogP contribution >= 0.6 is 15.9 Å². The zero-order valence-corrected chi connectivity index (χ0v) is 9.44. The van der Waals surface area contributed by atoms with Gasteiger partial charge in [-0.15, -0.1) is 0 Å². The molecule has 14 heavy (non-hydrogen) atoms. The van der Waals surface area contributed by atoms with Crippen LogP contribution in [-0.4, -0.2) is 5.33 Å². The van der Waals surface area contributed by atoms with E-state index in [0.29, 0.717) is 5.56 Å². The molecule has 0 radical (unpaired) electrons. The summed E-state index contributed by atoms with van der Waals surface area (Å²) in [4.78, 5) is 0. The topological polar surface area (TPSA) is 0 Å². The van der Waals surface area contributed by atoms with Crippen LogP contribution in [0.25, 0.3) is 5.57 Å². The highest BCUT2D eigenvalue weighted by molar-refractivity contribution is 9.09. The van der Waals surface area contributed by atoms with Crippen LogP contribution in [0.2, 0.25) is 0 Å². The van der Waals surface area contributed by atoms with E-state index in [1.807, 2.05) is 13.0 Å². The van der Waals surface area contributed by atoms with E-state index in [1.54, 1.807) is 0 Å². The molecule has 0 amide bonds. The number of rotatable bonds is 3. The highest BCUT2D eigenvalue weighted by Crippen LogP contribution is 2.19. The number of hydrogen-bond acceptors (Lipinski definition) is 0. The molecular weight excluding hydrogens is 250 g/mol. The van der Waals surface area contributed by atoms with Crippen molar-refractivity contribution in [2.45, 2.75) is 13.3 Å². The first-order valence-electron chi connectivity index (χ1n) is 4.33. The molecule has 0 aromatic heterocycles. The van der Waals surface area contributed by atoms with Crippen LogP contribution in [0.1, 0.15) is 18.9 Å². The number of alkyl halides is 1. The lowest BCUT2D eigenvalue weighted by atomic mass is 10.1. The molecule has 1 rings (SSSR count). The smallest absolute Gasteiger partial charge is 0.133 e. The maximum absolute atomic E-state index is 13.2. The second kappa shape index (κ2) is 5.25. The minimum Gasteiger partial charge on any atom is -0.207 e. The van der Waals surface area contributed by atoms with E-state index < -0.39 is 11.6 Å². The predicted molar refractivity (Wildman–Crippen MR) is 58.4 cm³/mol. The Morgan fingerprint density at radius 2 is 2.14 bits per heavy atom. The maximum Gasteiger partial charge on any atom is 0.133 e. The monoisotopic (exact) mass is 260 g/mol. The van der Waals surface area contributed by atoms with Crippen molar-refractivity contribution < 1.29 is 8.78 Å². The number of benzene rings is 1. The summed E-state index contributed by atoms with van der Waals surface area (Å²) in [6.07, 6.45) is 2.76. The summed E-state index contributed by atoms with van der Waals surface area (Å²) < 4.78 is 25.8. The zero-order chi connectivity index (χ0) is 10.6. The quantitative estimate of drug-likeness (QED) is 0.717. The molecule has 3 heteroatoms. The van der Waals surface area contributed by atoms with E-state index in [2.05, 4.69) is 15.9 Å². The van der Waals surface area contributed by atoms with Gasteiger partial charge in [0.15, 0.2) is 0 Å². The highest BCUT2D eigenvalue weighted by atomic mass is 79.9. The second-order valence-electron chi connectivity index (χ2n) is 2.99. The van der Waals surface area contributed by atoms with Crippen molar-refractivity contribution in [1.29, 1.82) is 0 Å². The van der Waals surface area contributed by atoms with Crippen molar-refractivity contribution in [2.24, 2.45) is 0 Å². The summed E-state index contributed by atoms with van der Waals surface area (Å²) in [5, 5.41) is 0.840. The Labute approximate surface area is 90.8 Å². The summed E-state index contributed by atoms with van der Waals surface area (Å²) in [5.74, 6) is -1.05. The van der Waals surface area contributed by atoms with Crippen molar-refractivity contribution >= 4 is 21.5 Å². The molecule has 76 valence electrons. The molecule has 1 aromatic rings. The number of allylic oxidation sites excluding steroid dienone is 2. The van der Waals surface area contributed by atoms with Crippen LogP contribution < -0.4 is 0 Å². The molecule has 0 aliphatic rings. The van der Waals surface area contributed by atoms with Crippen LogP contribution in [0.3, 0.4) is 0 Å². The Kier molecular flexibility index (Phi) is 4.26. The van der Waals surface area contributed by atoms with Crippen molar-refractivity contribution in [2.75, 3.05) is 5.33 Å². The van der Waals surface area contributed by atoms with Gasteiger partial charge in [0.25, 0.3) is 0 Å². The standard InChI is InChI=1S/C11H11BrF2/c1-8(3-2-6-12)10-5-4-9(13)7-11(10)14/h3-5,7H,2,6H2,1H3. The molecule has 0 bridgehead atoms. The minimum atomic E-state index is -0.542. The molecular formula is C11H11BrF2. The lowest BCUT2D eigenvalue weighted by Gasteiger charge is -2.03. The normalized spacial score (nSPS) is 11.9. The van der Waals surface area contributed by atoms with E-state index in [0.717, 1.165) is 23.4 Å². The van der Waals surface area contributed by atoms with Crippen molar-refractivity contribution in [3.63, 3.8) is 0 Å². The van der Waals surface area contributed by atoms with Crippen LogP contribution in [0.5, 0.6) is 0 Å². The van der Waals surface area contributed by atoms with E-state index in [-0.39, 0.29) is 0 Å². The summed E-state index contributed by atoms with van der Waals surface area (Å²) in [7, 11) is 0. The van der Waals surface area contributed by atoms with Gasteiger partial charge in [-0.1, -0.05) is 22.0 Å². The van der Waals surface area contributed by atoms with Crippen molar-refractivity contribution in [3.8, 4) is 0 Å². The lowest BCUT2D eigenvalue weighted by Crippen LogP contribution is -1.88. The molecule has 0 aliphatic carbocycles. The first kappa shape index (κ1) is 11.4. The van der Waals surface area contributed by atoms with Gasteiger partial charge in [0.2, 0.25) is 0 Å². The van der Waals surface area contributed by atoms with Crippen LogP contribution in [-0.2, 0) is 0 Å². The largest absolute Gasteiger partial charge is 0.207 e. The summed E-state index contributed by atoms with van der Waals surface area (Å²) in [6.45, 7) is 1.82. The van der Waals surface area contributed by atoms with Crippen LogP contribution in [0.4, 0.5) is 8.78 Å². The molecule has 0 N–H and O–H groups in total. The fourth-order valence-corrected chi connectivity index (χ4v) is 1.42. The Morgan fingerprint density at radius 3 is 2.71 bits per heavy atom. The van der Waals surface area contributed by atoms with E-state index in [1.165, 1.54) is 12.1 Å². The van der Waals surface area contributed by atoms with Crippen molar-refractivity contribution in [1.82, 2.24) is 0 Å². The van der Waals surface area contributed by atoms with E-state index >= 15 is 0 Å². The highest BCUT2D eigenvalue weighted by Gasteiger charge is 2.04. The van der Waals surface area contributed by atoms with Gasteiger partial charge in [-0.3, -0.25) is 0 Å².